The molecular weight excluding hydrogens is 280 g/mol. The number of cyclic esters (lactones) is 1. The summed E-state index contributed by atoms with van der Waals surface area (Å²) in [5, 5.41) is 3.29. The minimum Gasteiger partial charge on any atom is -0.495 e. The molecular formula is C12H12ClF2NO3. The Labute approximate surface area is 113 Å². The predicted molar refractivity (Wildman–Crippen MR) is 65.9 cm³/mol. The van der Waals surface area contributed by atoms with E-state index in [1.807, 2.05) is 0 Å². The third-order valence-corrected chi connectivity index (χ3v) is 3.04. The Morgan fingerprint density at radius 2 is 2.32 bits per heavy atom. The molecule has 19 heavy (non-hydrogen) atoms. The lowest BCUT2D eigenvalue weighted by Crippen LogP contribution is -2.22. The highest BCUT2D eigenvalue weighted by atomic mass is 35.5. The molecule has 1 saturated heterocycles. The van der Waals surface area contributed by atoms with E-state index in [0.29, 0.717) is 16.5 Å². The third kappa shape index (κ3) is 3.07. The molecule has 104 valence electrons. The maximum atomic E-state index is 12.9. The van der Waals surface area contributed by atoms with Crippen LogP contribution in [0.2, 0.25) is 5.02 Å². The fraction of sp³-hybridized carbons (Fsp3) is 0.417. The van der Waals surface area contributed by atoms with Gasteiger partial charge >= 0.3 is 11.9 Å². The van der Waals surface area contributed by atoms with E-state index < -0.39 is 24.4 Å². The Morgan fingerprint density at radius 1 is 1.58 bits per heavy atom. The van der Waals surface area contributed by atoms with Crippen molar-refractivity contribution in [1.29, 1.82) is 0 Å². The number of hydrogen-bond donors (Lipinski definition) is 1. The second-order valence-electron chi connectivity index (χ2n) is 4.17. The quantitative estimate of drug-likeness (QED) is 0.867. The van der Waals surface area contributed by atoms with Crippen LogP contribution in [-0.2, 0) is 9.53 Å². The van der Waals surface area contributed by atoms with Gasteiger partial charge < -0.3 is 14.8 Å². The van der Waals surface area contributed by atoms with Gasteiger partial charge in [0.25, 0.3) is 0 Å². The SMILES string of the molecule is COc1ccc(NCC2CC(F)(F)C(=O)O2)cc1Cl. The number of nitrogens with one attached hydrogen (secondary N) is 1. The van der Waals surface area contributed by atoms with Crippen molar-refractivity contribution in [3.05, 3.63) is 23.2 Å². The van der Waals surface area contributed by atoms with E-state index in [4.69, 9.17) is 16.3 Å². The van der Waals surface area contributed by atoms with Crippen molar-refractivity contribution in [2.45, 2.75) is 18.4 Å². The molecule has 0 aliphatic carbocycles. The molecule has 0 spiro atoms. The summed E-state index contributed by atoms with van der Waals surface area (Å²) in [6.07, 6.45) is -1.45. The number of esters is 1. The van der Waals surface area contributed by atoms with E-state index in [9.17, 15) is 13.6 Å². The number of anilines is 1. The molecule has 0 amide bonds. The van der Waals surface area contributed by atoms with Crippen molar-refractivity contribution < 1.29 is 23.0 Å². The summed E-state index contributed by atoms with van der Waals surface area (Å²) < 4.78 is 35.4. The van der Waals surface area contributed by atoms with Gasteiger partial charge in [-0.15, -0.1) is 0 Å². The number of carbonyl (C=O) groups is 1. The molecule has 7 heteroatoms. The Balaban J connectivity index is 1.93. The monoisotopic (exact) mass is 291 g/mol. The van der Waals surface area contributed by atoms with Gasteiger partial charge in [0.15, 0.2) is 0 Å². The molecule has 4 nitrogen and oxygen atoms in total. The number of halogens is 3. The summed E-state index contributed by atoms with van der Waals surface area (Å²) in [6, 6.07) is 4.95. The minimum absolute atomic E-state index is 0.101. The van der Waals surface area contributed by atoms with Crippen LogP contribution < -0.4 is 10.1 Å². The van der Waals surface area contributed by atoms with Crippen LogP contribution in [0.4, 0.5) is 14.5 Å². The van der Waals surface area contributed by atoms with Crippen LogP contribution in [0.1, 0.15) is 6.42 Å². The van der Waals surface area contributed by atoms with Gasteiger partial charge in [-0.2, -0.15) is 8.78 Å². The maximum absolute atomic E-state index is 12.9. The maximum Gasteiger partial charge on any atom is 0.377 e. The Morgan fingerprint density at radius 3 is 2.84 bits per heavy atom. The summed E-state index contributed by atoms with van der Waals surface area (Å²) in [4.78, 5) is 10.8. The van der Waals surface area contributed by atoms with Crippen LogP contribution in [0.25, 0.3) is 0 Å². The second kappa shape index (κ2) is 5.21. The number of carbonyl (C=O) groups excluding carboxylic acids is 1. The van der Waals surface area contributed by atoms with Gasteiger partial charge in [-0.05, 0) is 18.2 Å². The molecule has 2 rings (SSSR count). The van der Waals surface area contributed by atoms with E-state index >= 15 is 0 Å². The summed E-state index contributed by atoms with van der Waals surface area (Å²) >= 11 is 5.92. The number of alkyl halides is 2. The molecule has 1 aromatic carbocycles. The van der Waals surface area contributed by atoms with Gasteiger partial charge in [0.1, 0.15) is 11.9 Å². The number of rotatable bonds is 4. The molecule has 0 radical (unpaired) electrons. The highest BCUT2D eigenvalue weighted by Crippen LogP contribution is 2.31. The van der Waals surface area contributed by atoms with Crippen molar-refractivity contribution >= 4 is 23.3 Å². The average molecular weight is 292 g/mol. The zero-order valence-electron chi connectivity index (χ0n) is 10.1. The van der Waals surface area contributed by atoms with Gasteiger partial charge in [-0.25, -0.2) is 4.79 Å². The van der Waals surface area contributed by atoms with Gasteiger partial charge in [0.05, 0.1) is 25.1 Å². The lowest BCUT2D eigenvalue weighted by Gasteiger charge is -2.12. The van der Waals surface area contributed by atoms with Crippen LogP contribution >= 0.6 is 11.6 Å². The smallest absolute Gasteiger partial charge is 0.377 e. The molecule has 0 aromatic heterocycles. The van der Waals surface area contributed by atoms with Gasteiger partial charge in [-0.1, -0.05) is 11.6 Å². The van der Waals surface area contributed by atoms with Crippen molar-refractivity contribution in [3.8, 4) is 5.75 Å². The molecule has 0 bridgehead atoms. The molecule has 1 fully saturated rings. The number of ether oxygens (including phenoxy) is 2. The molecule has 0 saturated carbocycles. The number of benzene rings is 1. The van der Waals surface area contributed by atoms with Gasteiger partial charge in [0, 0.05) is 5.69 Å². The van der Waals surface area contributed by atoms with E-state index in [2.05, 4.69) is 10.1 Å². The normalized spacial score (nSPS) is 21.1. The standard InChI is InChI=1S/C12H12ClF2NO3/c1-18-10-3-2-7(4-9(10)13)16-6-8-5-12(14,15)11(17)19-8/h2-4,8,16H,5-6H2,1H3. The Bertz CT molecular complexity index is 496. The van der Waals surface area contributed by atoms with Crippen LogP contribution in [-0.4, -0.2) is 31.7 Å². The first kappa shape index (κ1) is 13.9. The molecule has 1 aliphatic heterocycles. The predicted octanol–water partition coefficient (Wildman–Crippen LogP) is 2.71. The minimum atomic E-state index is -3.39. The van der Waals surface area contributed by atoms with E-state index in [1.165, 1.54) is 7.11 Å². The molecule has 1 aliphatic rings. The van der Waals surface area contributed by atoms with Crippen LogP contribution in [0.5, 0.6) is 5.75 Å². The lowest BCUT2D eigenvalue weighted by molar-refractivity contribution is -0.158. The fourth-order valence-corrected chi connectivity index (χ4v) is 2.03. The van der Waals surface area contributed by atoms with Crippen LogP contribution in [0.15, 0.2) is 18.2 Å². The molecule has 1 N–H and O–H groups in total. The molecule has 1 aromatic rings. The Kier molecular flexibility index (Phi) is 3.80. The zero-order chi connectivity index (χ0) is 14.0. The first-order chi connectivity index (χ1) is 8.92. The van der Waals surface area contributed by atoms with Gasteiger partial charge in [0.2, 0.25) is 0 Å². The second-order valence-corrected chi connectivity index (χ2v) is 4.57. The van der Waals surface area contributed by atoms with Crippen molar-refractivity contribution in [1.82, 2.24) is 0 Å². The van der Waals surface area contributed by atoms with Crippen LogP contribution in [0.3, 0.4) is 0 Å². The van der Waals surface area contributed by atoms with Crippen LogP contribution in [0, 0.1) is 0 Å². The fourth-order valence-electron chi connectivity index (χ4n) is 1.77. The van der Waals surface area contributed by atoms with E-state index in [1.54, 1.807) is 18.2 Å². The van der Waals surface area contributed by atoms with Crippen molar-refractivity contribution in [3.63, 3.8) is 0 Å². The average Bonchev–Trinajstić information content (AvgIpc) is 2.61. The van der Waals surface area contributed by atoms with Crippen molar-refractivity contribution in [2.75, 3.05) is 19.0 Å². The molecule has 1 atom stereocenters. The highest BCUT2D eigenvalue weighted by Gasteiger charge is 2.50. The largest absolute Gasteiger partial charge is 0.495 e. The summed E-state index contributed by atoms with van der Waals surface area (Å²) in [5.74, 6) is -4.33. The summed E-state index contributed by atoms with van der Waals surface area (Å²) in [5.41, 5.74) is 0.636. The highest BCUT2D eigenvalue weighted by molar-refractivity contribution is 6.32. The summed E-state index contributed by atoms with van der Waals surface area (Å²) in [7, 11) is 1.49. The summed E-state index contributed by atoms with van der Waals surface area (Å²) in [6.45, 7) is 0.101. The number of methoxy groups -OCH3 is 1. The van der Waals surface area contributed by atoms with E-state index in [-0.39, 0.29) is 6.54 Å². The topological polar surface area (TPSA) is 47.6 Å². The molecule has 1 unspecified atom stereocenters. The number of hydrogen-bond acceptors (Lipinski definition) is 4. The third-order valence-electron chi connectivity index (χ3n) is 2.74. The first-order valence-corrected chi connectivity index (χ1v) is 5.96. The van der Waals surface area contributed by atoms with Crippen molar-refractivity contribution in [2.24, 2.45) is 0 Å². The first-order valence-electron chi connectivity index (χ1n) is 5.58. The zero-order valence-corrected chi connectivity index (χ0v) is 10.8. The molecule has 1 heterocycles. The van der Waals surface area contributed by atoms with E-state index in [0.717, 1.165) is 0 Å². The Hall–Kier alpha value is -1.56. The lowest BCUT2D eigenvalue weighted by atomic mass is 10.2. The van der Waals surface area contributed by atoms with Gasteiger partial charge in [-0.3, -0.25) is 0 Å².